The highest BCUT2D eigenvalue weighted by Gasteiger charge is 2.03. The van der Waals surface area contributed by atoms with E-state index in [1.165, 1.54) is 0 Å². The summed E-state index contributed by atoms with van der Waals surface area (Å²) in [6.45, 7) is 0. The fourth-order valence-corrected chi connectivity index (χ4v) is 2.84. The van der Waals surface area contributed by atoms with Gasteiger partial charge in [-0.05, 0) is 69.3 Å². The zero-order chi connectivity index (χ0) is 23.5. The normalized spacial score (nSPS) is 15.6. The van der Waals surface area contributed by atoms with Crippen LogP contribution in [0.5, 0.6) is 0 Å². The van der Waals surface area contributed by atoms with Gasteiger partial charge >= 0.3 is 0 Å². The standard InChI is InChI=1S/C22H14Br2/c23-21-9-5-15(6-10-21)17-1-3-19-14-18(2-4-20(19)13-17)16-7-11-22(24)12-8-16/h1-14H/i5D,6D,7D,8D,9D,10D,11D,12D. The molecule has 0 nitrogen and oxygen atoms in total. The maximum atomic E-state index is 8.27. The van der Waals surface area contributed by atoms with Crippen LogP contribution in [0.1, 0.15) is 11.0 Å². The first-order valence-corrected chi connectivity index (χ1v) is 8.69. The molecule has 0 spiro atoms. The maximum absolute atomic E-state index is 8.27. The zero-order valence-electron chi connectivity index (χ0n) is 20.2. The number of fused-ring (bicyclic) bond motifs is 1. The summed E-state index contributed by atoms with van der Waals surface area (Å²) >= 11 is 6.22. The van der Waals surface area contributed by atoms with Gasteiger partial charge in [0.05, 0.1) is 11.0 Å². The fourth-order valence-electron chi connectivity index (χ4n) is 2.44. The first-order valence-electron chi connectivity index (χ1n) is 11.1. The van der Waals surface area contributed by atoms with Gasteiger partial charge in [-0.15, -0.1) is 0 Å². The molecule has 0 N–H and O–H groups in total. The van der Waals surface area contributed by atoms with Crippen LogP contribution >= 0.6 is 31.9 Å². The molecular formula is C22H14Br2. The van der Waals surface area contributed by atoms with Gasteiger partial charge in [0.25, 0.3) is 0 Å². The molecule has 0 fully saturated rings. The van der Waals surface area contributed by atoms with Gasteiger partial charge < -0.3 is 0 Å². The van der Waals surface area contributed by atoms with Crippen molar-refractivity contribution in [1.29, 1.82) is 0 Å². The minimum atomic E-state index is -0.143. The van der Waals surface area contributed by atoms with Gasteiger partial charge in [0.1, 0.15) is 0 Å². The number of hydrogen-bond acceptors (Lipinski definition) is 0. The van der Waals surface area contributed by atoms with Gasteiger partial charge in [0.15, 0.2) is 0 Å². The van der Waals surface area contributed by atoms with Crippen LogP contribution in [0.4, 0.5) is 0 Å². The predicted molar refractivity (Wildman–Crippen MR) is 110 cm³/mol. The van der Waals surface area contributed by atoms with Gasteiger partial charge in [-0.25, -0.2) is 0 Å². The molecule has 4 aromatic rings. The highest BCUT2D eigenvalue weighted by molar-refractivity contribution is 9.10. The summed E-state index contributed by atoms with van der Waals surface area (Å²) in [5.74, 6) is 0. The first-order chi connectivity index (χ1) is 15.0. The summed E-state index contributed by atoms with van der Waals surface area (Å²) < 4.78 is 65.5. The lowest BCUT2D eigenvalue weighted by molar-refractivity contribution is 1.60. The van der Waals surface area contributed by atoms with Crippen LogP contribution in [-0.4, -0.2) is 0 Å². The third kappa shape index (κ3) is 3.17. The van der Waals surface area contributed by atoms with E-state index in [0.717, 1.165) is 10.8 Å². The van der Waals surface area contributed by atoms with Crippen molar-refractivity contribution in [2.24, 2.45) is 0 Å². The molecule has 4 rings (SSSR count). The second-order valence-electron chi connectivity index (χ2n) is 5.15. The summed E-state index contributed by atoms with van der Waals surface area (Å²) in [5, 5.41) is 1.55. The quantitative estimate of drug-likeness (QED) is 0.296. The van der Waals surface area contributed by atoms with Crippen molar-refractivity contribution >= 4 is 42.6 Å². The zero-order valence-corrected chi connectivity index (χ0v) is 15.4. The molecule has 2 heteroatoms. The van der Waals surface area contributed by atoms with E-state index in [4.69, 9.17) is 11.0 Å². The number of hydrogen-bond donors (Lipinski definition) is 0. The maximum Gasteiger partial charge on any atom is 0.0635 e. The Kier molecular flexibility index (Phi) is 2.45. The van der Waals surface area contributed by atoms with Crippen molar-refractivity contribution in [3.8, 4) is 22.3 Å². The number of halogens is 2. The third-order valence-electron chi connectivity index (χ3n) is 3.61. The van der Waals surface area contributed by atoms with E-state index in [-0.39, 0.29) is 68.4 Å². The van der Waals surface area contributed by atoms with E-state index >= 15 is 0 Å². The molecule has 0 atom stereocenters. The molecule has 0 unspecified atom stereocenters. The molecule has 0 bridgehead atoms. The van der Waals surface area contributed by atoms with E-state index in [0.29, 0.717) is 11.1 Å². The SMILES string of the molecule is [2H]c1c([2H])c(-c2ccc3cc(-c4c([2H])c([2H])c(Br)c([2H])c4[2H])ccc3c2)c([2H])c([2H])c1Br. The molecule has 0 amide bonds. The van der Waals surface area contributed by atoms with Crippen molar-refractivity contribution in [3.05, 3.63) is 93.7 Å². The lowest BCUT2D eigenvalue weighted by Crippen LogP contribution is -1.82. The summed E-state index contributed by atoms with van der Waals surface area (Å²) in [4.78, 5) is 0. The average molecular weight is 446 g/mol. The molecule has 0 heterocycles. The minimum Gasteiger partial charge on any atom is -0.0537 e. The van der Waals surface area contributed by atoms with E-state index in [1.807, 2.05) is 0 Å². The van der Waals surface area contributed by atoms with E-state index in [9.17, 15) is 0 Å². The summed E-state index contributed by atoms with van der Waals surface area (Å²) in [6, 6.07) is 9.41. The highest BCUT2D eigenvalue weighted by atomic mass is 79.9. The van der Waals surface area contributed by atoms with E-state index in [1.54, 1.807) is 36.4 Å². The van der Waals surface area contributed by atoms with Crippen molar-refractivity contribution < 1.29 is 11.0 Å². The number of benzene rings is 4. The van der Waals surface area contributed by atoms with Crippen LogP contribution in [0.2, 0.25) is 0 Å². The molecule has 116 valence electrons. The summed E-state index contributed by atoms with van der Waals surface area (Å²) in [7, 11) is 0. The van der Waals surface area contributed by atoms with Crippen molar-refractivity contribution in [1.82, 2.24) is 0 Å². The molecule has 0 saturated heterocycles. The van der Waals surface area contributed by atoms with Crippen LogP contribution in [0.25, 0.3) is 33.0 Å². The Morgan fingerprint density at radius 1 is 0.500 bits per heavy atom. The van der Waals surface area contributed by atoms with Crippen LogP contribution in [0.15, 0.2) is 93.7 Å². The average Bonchev–Trinajstić information content (AvgIpc) is 2.79. The molecule has 0 aliphatic heterocycles. The van der Waals surface area contributed by atoms with E-state index in [2.05, 4.69) is 31.9 Å². The van der Waals surface area contributed by atoms with E-state index < -0.39 is 0 Å². The van der Waals surface area contributed by atoms with Crippen LogP contribution in [0.3, 0.4) is 0 Å². The van der Waals surface area contributed by atoms with Crippen molar-refractivity contribution in [2.45, 2.75) is 0 Å². The molecule has 0 aliphatic carbocycles. The van der Waals surface area contributed by atoms with Crippen molar-refractivity contribution in [2.75, 3.05) is 0 Å². The monoisotopic (exact) mass is 444 g/mol. The number of rotatable bonds is 2. The van der Waals surface area contributed by atoms with Gasteiger partial charge in [0.2, 0.25) is 0 Å². The van der Waals surface area contributed by atoms with Crippen molar-refractivity contribution in [3.63, 3.8) is 0 Å². The molecule has 0 aliphatic rings. The van der Waals surface area contributed by atoms with Crippen LogP contribution < -0.4 is 0 Å². The third-order valence-corrected chi connectivity index (χ3v) is 4.40. The Hall–Kier alpha value is -1.90. The molecular weight excluding hydrogens is 424 g/mol. The fraction of sp³-hybridized carbons (Fsp3) is 0. The molecule has 0 saturated carbocycles. The Morgan fingerprint density at radius 2 is 0.875 bits per heavy atom. The molecule has 4 aromatic carbocycles. The Labute approximate surface area is 169 Å². The summed E-state index contributed by atoms with van der Waals surface area (Å²) in [6.07, 6.45) is 0. The molecule has 0 aromatic heterocycles. The Bertz CT molecular complexity index is 1270. The lowest BCUT2D eigenvalue weighted by atomic mass is 9.98. The molecule has 0 radical (unpaired) electrons. The van der Waals surface area contributed by atoms with Crippen LogP contribution in [-0.2, 0) is 0 Å². The largest absolute Gasteiger partial charge is 0.0635 e. The second-order valence-corrected chi connectivity index (χ2v) is 6.74. The van der Waals surface area contributed by atoms with Gasteiger partial charge in [-0.3, -0.25) is 0 Å². The van der Waals surface area contributed by atoms with Gasteiger partial charge in [0, 0.05) is 8.95 Å². The van der Waals surface area contributed by atoms with Crippen LogP contribution in [0, 0.1) is 0 Å². The minimum absolute atomic E-state index is 0.121. The first kappa shape index (κ1) is 8.98. The van der Waals surface area contributed by atoms with Gasteiger partial charge in [-0.1, -0.05) is 80.3 Å². The smallest absolute Gasteiger partial charge is 0.0537 e. The lowest BCUT2D eigenvalue weighted by Gasteiger charge is -2.07. The Morgan fingerprint density at radius 3 is 1.25 bits per heavy atom. The topological polar surface area (TPSA) is 0 Å². The summed E-state index contributed by atoms with van der Waals surface area (Å²) in [5.41, 5.74) is 1.51. The van der Waals surface area contributed by atoms with Gasteiger partial charge in [-0.2, -0.15) is 0 Å². The predicted octanol–water partition coefficient (Wildman–Crippen LogP) is 7.70. The second kappa shape index (κ2) is 6.54. The highest BCUT2D eigenvalue weighted by Crippen LogP contribution is 2.29. The molecule has 24 heavy (non-hydrogen) atoms. The Balaban J connectivity index is 1.90.